The van der Waals surface area contributed by atoms with Gasteiger partial charge in [0.15, 0.2) is 0 Å². The Balaban J connectivity index is 1.53. The van der Waals surface area contributed by atoms with Crippen molar-refractivity contribution in [3.8, 4) is 17.1 Å². The fourth-order valence-corrected chi connectivity index (χ4v) is 6.52. The minimum absolute atomic E-state index is 0.591. The smallest absolute Gasteiger partial charge is 0.228 e. The molecule has 0 amide bonds. The second kappa shape index (κ2) is 6.35. The number of hydrogen-bond acceptors (Lipinski definition) is 2. The number of pyridine rings is 1. The third-order valence-electron chi connectivity index (χ3n) is 7.82. The lowest BCUT2D eigenvalue weighted by Gasteiger charge is -2.20. The Hall–Kier alpha value is -3.85. The molecular formula is C30H22N2O. The highest BCUT2D eigenvalue weighted by Gasteiger charge is 2.42. The van der Waals surface area contributed by atoms with Crippen LogP contribution in [0.3, 0.4) is 0 Å². The molecule has 3 aromatic heterocycles. The van der Waals surface area contributed by atoms with Crippen molar-refractivity contribution in [2.24, 2.45) is 0 Å². The highest BCUT2D eigenvalue weighted by Crippen LogP contribution is 2.58. The summed E-state index contributed by atoms with van der Waals surface area (Å²) in [6.07, 6.45) is 3.78. The average Bonchev–Trinajstić information content (AvgIpc) is 3.64. The first-order valence-corrected chi connectivity index (χ1v) is 11.9. The highest BCUT2D eigenvalue weighted by molar-refractivity contribution is 6.07. The molecule has 0 aliphatic heterocycles. The minimum Gasteiger partial charge on any atom is -0.438 e. The Kier molecular flexibility index (Phi) is 3.40. The molecular weight excluding hydrogens is 404 g/mol. The monoisotopic (exact) mass is 426 g/mol. The van der Waals surface area contributed by atoms with Gasteiger partial charge in [0.05, 0.1) is 22.3 Å². The van der Waals surface area contributed by atoms with Crippen LogP contribution in [0, 0.1) is 0 Å². The molecule has 1 fully saturated rings. The topological polar surface area (TPSA) is 31.0 Å². The van der Waals surface area contributed by atoms with Gasteiger partial charge in [-0.25, -0.2) is 4.98 Å². The van der Waals surface area contributed by atoms with E-state index < -0.39 is 0 Å². The third kappa shape index (κ3) is 2.32. The van der Waals surface area contributed by atoms with E-state index in [-0.39, 0.29) is 0 Å². The molecule has 1 saturated carbocycles. The normalized spacial score (nSPS) is 19.2. The second-order valence-corrected chi connectivity index (χ2v) is 9.53. The number of benzene rings is 3. The Morgan fingerprint density at radius 3 is 2.45 bits per heavy atom. The van der Waals surface area contributed by atoms with E-state index in [9.17, 15) is 0 Å². The van der Waals surface area contributed by atoms with Crippen LogP contribution >= 0.6 is 0 Å². The number of furan rings is 1. The first kappa shape index (κ1) is 17.7. The van der Waals surface area contributed by atoms with Crippen LogP contribution in [-0.4, -0.2) is 9.55 Å². The number of para-hydroxylation sites is 3. The molecule has 0 radical (unpaired) electrons. The van der Waals surface area contributed by atoms with Crippen LogP contribution in [0.5, 0.6) is 0 Å². The first-order chi connectivity index (χ1) is 16.4. The molecule has 3 aromatic carbocycles. The second-order valence-electron chi connectivity index (χ2n) is 9.53. The van der Waals surface area contributed by atoms with Crippen LogP contribution < -0.4 is 0 Å². The number of hydrogen-bond donors (Lipinski definition) is 0. The van der Waals surface area contributed by atoms with E-state index >= 15 is 0 Å². The van der Waals surface area contributed by atoms with Crippen molar-refractivity contribution in [2.45, 2.75) is 31.1 Å². The van der Waals surface area contributed by atoms with E-state index in [2.05, 4.69) is 83.4 Å². The molecule has 2 aliphatic carbocycles. The third-order valence-corrected chi connectivity index (χ3v) is 7.82. The molecule has 2 bridgehead atoms. The summed E-state index contributed by atoms with van der Waals surface area (Å²) in [6.45, 7) is 0. The maximum absolute atomic E-state index is 6.35. The van der Waals surface area contributed by atoms with Crippen LogP contribution in [0.25, 0.3) is 50.0 Å². The summed E-state index contributed by atoms with van der Waals surface area (Å²) < 4.78 is 8.72. The highest BCUT2D eigenvalue weighted by atomic mass is 16.3. The van der Waals surface area contributed by atoms with Gasteiger partial charge in [0, 0.05) is 16.5 Å². The van der Waals surface area contributed by atoms with Gasteiger partial charge in [-0.05, 0) is 72.6 Å². The van der Waals surface area contributed by atoms with Gasteiger partial charge in [-0.2, -0.15) is 0 Å². The minimum atomic E-state index is 0.591. The summed E-state index contributed by atoms with van der Waals surface area (Å²) in [5.74, 6) is 1.21. The van der Waals surface area contributed by atoms with Crippen LogP contribution in [-0.2, 0) is 0 Å². The summed E-state index contributed by atoms with van der Waals surface area (Å²) in [7, 11) is 0. The van der Waals surface area contributed by atoms with Gasteiger partial charge in [0.1, 0.15) is 5.58 Å². The maximum Gasteiger partial charge on any atom is 0.228 e. The lowest BCUT2D eigenvalue weighted by molar-refractivity contribution is 0.650. The Morgan fingerprint density at radius 1 is 0.788 bits per heavy atom. The van der Waals surface area contributed by atoms with Crippen molar-refractivity contribution in [3.63, 3.8) is 0 Å². The molecule has 6 aromatic rings. The summed E-state index contributed by atoms with van der Waals surface area (Å²) in [4.78, 5) is 5.27. The van der Waals surface area contributed by atoms with Crippen molar-refractivity contribution in [2.75, 3.05) is 0 Å². The summed E-state index contributed by atoms with van der Waals surface area (Å²) in [6, 6.07) is 30.0. The van der Waals surface area contributed by atoms with Gasteiger partial charge in [0.25, 0.3) is 0 Å². The van der Waals surface area contributed by atoms with Crippen LogP contribution in [0.2, 0.25) is 0 Å². The molecule has 2 aliphatic rings. The Morgan fingerprint density at radius 2 is 1.55 bits per heavy atom. The van der Waals surface area contributed by atoms with E-state index in [1.165, 1.54) is 52.1 Å². The van der Waals surface area contributed by atoms with Gasteiger partial charge in [-0.3, -0.25) is 0 Å². The summed E-state index contributed by atoms with van der Waals surface area (Å²) in [5.41, 5.74) is 9.32. The molecule has 158 valence electrons. The number of rotatable bonds is 2. The predicted molar refractivity (Wildman–Crippen MR) is 133 cm³/mol. The lowest BCUT2D eigenvalue weighted by Crippen LogP contribution is -2.06. The van der Waals surface area contributed by atoms with Gasteiger partial charge in [0.2, 0.25) is 5.71 Å². The van der Waals surface area contributed by atoms with Gasteiger partial charge >= 0.3 is 0 Å². The zero-order valence-electron chi connectivity index (χ0n) is 18.2. The molecule has 0 saturated heterocycles. The van der Waals surface area contributed by atoms with Crippen LogP contribution in [0.15, 0.2) is 89.3 Å². The molecule has 0 N–H and O–H groups in total. The SMILES string of the molecule is c1ccc(-n2c(-c3nc4oc5ccccc5c4c4c3C3CCC4C3)cc3ccccc32)cc1. The predicted octanol–water partition coefficient (Wildman–Crippen LogP) is 7.96. The lowest BCUT2D eigenvalue weighted by atomic mass is 9.87. The van der Waals surface area contributed by atoms with Crippen LogP contribution in [0.1, 0.15) is 42.2 Å². The molecule has 33 heavy (non-hydrogen) atoms. The van der Waals surface area contributed by atoms with Crippen molar-refractivity contribution < 1.29 is 4.42 Å². The molecule has 3 heteroatoms. The van der Waals surface area contributed by atoms with E-state index in [0.29, 0.717) is 11.8 Å². The molecule has 8 rings (SSSR count). The quantitative estimate of drug-likeness (QED) is 0.281. The van der Waals surface area contributed by atoms with Gasteiger partial charge in [-0.1, -0.05) is 54.6 Å². The Labute approximate surface area is 191 Å². The molecule has 0 spiro atoms. The van der Waals surface area contributed by atoms with Crippen molar-refractivity contribution in [1.82, 2.24) is 9.55 Å². The van der Waals surface area contributed by atoms with Gasteiger partial charge < -0.3 is 8.98 Å². The van der Waals surface area contributed by atoms with E-state index in [1.54, 1.807) is 0 Å². The first-order valence-electron chi connectivity index (χ1n) is 11.9. The summed E-state index contributed by atoms with van der Waals surface area (Å²) >= 11 is 0. The summed E-state index contributed by atoms with van der Waals surface area (Å²) in [5, 5.41) is 3.69. The zero-order chi connectivity index (χ0) is 21.5. The standard InChI is InChI=1S/C30H22N2O/c1-2-9-21(10-3-1)32-23-12-6-4-8-18(23)17-24(32)29-27-20-15-14-19(16-20)26(27)28-22-11-5-7-13-25(22)33-30(28)31-29/h1-13,17,19-20H,14-16H2. The largest absolute Gasteiger partial charge is 0.438 e. The van der Waals surface area contributed by atoms with Crippen LogP contribution in [0.4, 0.5) is 0 Å². The fourth-order valence-electron chi connectivity index (χ4n) is 6.52. The number of aromatic nitrogens is 2. The Bertz CT molecular complexity index is 1710. The van der Waals surface area contributed by atoms with Crippen molar-refractivity contribution >= 4 is 33.0 Å². The van der Waals surface area contributed by atoms with Gasteiger partial charge in [-0.15, -0.1) is 0 Å². The molecule has 2 unspecified atom stereocenters. The van der Waals surface area contributed by atoms with Crippen molar-refractivity contribution in [1.29, 1.82) is 0 Å². The molecule has 2 atom stereocenters. The van der Waals surface area contributed by atoms with Crippen molar-refractivity contribution in [3.05, 3.63) is 96.1 Å². The molecule has 3 nitrogen and oxygen atoms in total. The number of nitrogens with zero attached hydrogens (tertiary/aromatic N) is 2. The van der Waals surface area contributed by atoms with E-state index in [0.717, 1.165) is 28.4 Å². The van der Waals surface area contributed by atoms with E-state index in [4.69, 9.17) is 9.40 Å². The van der Waals surface area contributed by atoms with E-state index in [1.807, 2.05) is 6.07 Å². The average molecular weight is 427 g/mol. The number of fused-ring (bicyclic) bond motifs is 10. The fraction of sp³-hybridized carbons (Fsp3) is 0.167. The molecule has 3 heterocycles. The maximum atomic E-state index is 6.35. The zero-order valence-corrected chi connectivity index (χ0v) is 18.2.